The van der Waals surface area contributed by atoms with Crippen LogP contribution in [0.4, 0.5) is 0 Å². The van der Waals surface area contributed by atoms with Crippen molar-refractivity contribution in [3.8, 4) is 23.0 Å². The van der Waals surface area contributed by atoms with Crippen molar-refractivity contribution in [2.24, 2.45) is 0 Å². The molecule has 364 valence electrons. The van der Waals surface area contributed by atoms with Crippen LogP contribution in [-0.4, -0.2) is 127 Å². The lowest BCUT2D eigenvalue weighted by atomic mass is 10.1. The molecule has 3 amide bonds. The first-order valence-corrected chi connectivity index (χ1v) is 27.0. The number of rotatable bonds is 21. The van der Waals surface area contributed by atoms with E-state index in [0.29, 0.717) is 42.5 Å². The Balaban J connectivity index is 0.000000528. The Morgan fingerprint density at radius 3 is 1.64 bits per heavy atom. The normalized spacial score (nSPS) is 12.5. The minimum Gasteiger partial charge on any atom is -0.497 e. The molecule has 0 radical (unpaired) electrons. The van der Waals surface area contributed by atoms with E-state index < -0.39 is 40.3 Å². The van der Waals surface area contributed by atoms with Crippen LogP contribution in [0.15, 0.2) is 60.7 Å². The van der Waals surface area contributed by atoms with Gasteiger partial charge in [-0.15, -0.1) is 5.06 Å². The fourth-order valence-corrected chi connectivity index (χ4v) is 7.08. The van der Waals surface area contributed by atoms with Crippen molar-refractivity contribution in [2.75, 3.05) is 54.7 Å². The molecule has 2 aromatic carbocycles. The fourth-order valence-electron chi connectivity index (χ4n) is 5.09. The number of amides is 3. The Hall–Kier alpha value is -5.73. The van der Waals surface area contributed by atoms with Crippen LogP contribution in [0, 0.1) is 0 Å². The maximum atomic E-state index is 12.4. The number of imide groups is 1. The average molecular weight is 954 g/mol. The SMILES string of the molecule is C=C(CNCc1ccc(OC)cc1OC)CO[Si](C)(C)C(C)(C)C.C=C(CO[Si](C)(C)C(C)(C)C)CN(Cc1ccc(OC)cc1OC)C(=O)C=[N+]=[N-].[N-]=[N+]=CC(=O)ON1C(=O)CCC1=O. The fraction of sp³-hybridized carbons (Fsp3) is 0.522. The standard InChI is InChI=1S/C21H33N3O4Si.C19H33NO3Si.C6H5N3O4/c1-16(15-28-29(7,8)21(2,3)4)13-24(20(25)12-23-22)14-17-9-10-18(26-5)11-19(17)27-6;1-15(14-23-24(7,8)19(2,3)4)12-20-13-16-9-10-17(21-5)11-18(16)22-6;7-8-3-6(12)13-9-4(10)1-2-5(9)11/h9-12H,1,13-15H2,2-8H3;9-11,20H,1,12-14H2,2-8H3;3H,1-2H2. The van der Waals surface area contributed by atoms with Gasteiger partial charge in [-0.1, -0.05) is 60.8 Å². The van der Waals surface area contributed by atoms with Crippen molar-refractivity contribution >= 4 is 52.8 Å². The summed E-state index contributed by atoms with van der Waals surface area (Å²) in [6, 6.07) is 11.2. The molecule has 0 bridgehead atoms. The predicted octanol–water partition coefficient (Wildman–Crippen LogP) is 7.18. The zero-order valence-electron chi connectivity index (χ0n) is 41.4. The number of nitrogens with zero attached hydrogens (tertiary/aromatic N) is 6. The first-order valence-electron chi connectivity index (χ1n) is 21.2. The number of hydrogen-bond donors (Lipinski definition) is 1. The van der Waals surface area contributed by atoms with E-state index in [1.165, 1.54) is 4.90 Å². The number of hydroxylamine groups is 2. The van der Waals surface area contributed by atoms with E-state index in [-0.39, 0.29) is 36.0 Å². The number of ether oxygens (including phenoxy) is 4. The second-order valence-corrected chi connectivity index (χ2v) is 27.9. The summed E-state index contributed by atoms with van der Waals surface area (Å²) in [4.78, 5) is 55.8. The third-order valence-electron chi connectivity index (χ3n) is 11.2. The Morgan fingerprint density at radius 2 is 1.20 bits per heavy atom. The lowest BCUT2D eigenvalue weighted by Crippen LogP contribution is -2.42. The van der Waals surface area contributed by atoms with Gasteiger partial charge in [-0.3, -0.25) is 14.4 Å². The number of methoxy groups -OCH3 is 4. The molecule has 20 heteroatoms. The van der Waals surface area contributed by atoms with Crippen molar-refractivity contribution in [3.63, 3.8) is 0 Å². The molecule has 0 saturated carbocycles. The van der Waals surface area contributed by atoms with Gasteiger partial charge in [-0.05, 0) is 65.6 Å². The summed E-state index contributed by atoms with van der Waals surface area (Å²) in [5.41, 5.74) is 20.4. The van der Waals surface area contributed by atoms with Crippen molar-refractivity contribution in [3.05, 3.63) is 82.9 Å². The monoisotopic (exact) mass is 953 g/mol. The summed E-state index contributed by atoms with van der Waals surface area (Å²) in [5, 5.41) is 4.07. The molecule has 18 nitrogen and oxygen atoms in total. The topological polar surface area (TPSA) is 224 Å². The van der Waals surface area contributed by atoms with Crippen molar-refractivity contribution in [2.45, 2.75) is 104 Å². The summed E-state index contributed by atoms with van der Waals surface area (Å²) in [5.74, 6) is 0.214. The quantitative estimate of drug-likeness (QED) is 0.0328. The van der Waals surface area contributed by atoms with Crippen LogP contribution < -0.4 is 24.3 Å². The molecule has 0 aromatic heterocycles. The summed E-state index contributed by atoms with van der Waals surface area (Å²) >= 11 is 0. The molecule has 1 fully saturated rings. The molecule has 2 aromatic rings. The van der Waals surface area contributed by atoms with Gasteiger partial charge in [0.05, 0.1) is 48.2 Å². The highest BCUT2D eigenvalue weighted by atomic mass is 28.4. The third-order valence-corrected chi connectivity index (χ3v) is 20.1. The Morgan fingerprint density at radius 1 is 0.742 bits per heavy atom. The minimum atomic E-state index is -1.93. The van der Waals surface area contributed by atoms with E-state index in [1.54, 1.807) is 40.6 Å². The van der Waals surface area contributed by atoms with Crippen LogP contribution in [0.5, 0.6) is 23.0 Å². The number of hydrogen-bond acceptors (Lipinski definition) is 12. The Bertz CT molecular complexity index is 2090. The highest BCUT2D eigenvalue weighted by Gasteiger charge is 2.38. The molecular weight excluding hydrogens is 883 g/mol. The molecule has 1 N–H and O–H groups in total. The van der Waals surface area contributed by atoms with E-state index in [1.807, 2.05) is 24.3 Å². The van der Waals surface area contributed by atoms with Gasteiger partial charge < -0.3 is 53.9 Å². The first-order chi connectivity index (χ1) is 30.7. The van der Waals surface area contributed by atoms with E-state index in [0.717, 1.165) is 46.5 Å². The zero-order valence-corrected chi connectivity index (χ0v) is 43.4. The number of nitrogens with one attached hydrogen (secondary N) is 1. The lowest BCUT2D eigenvalue weighted by Gasteiger charge is -2.36. The van der Waals surface area contributed by atoms with Gasteiger partial charge >= 0.3 is 24.3 Å². The van der Waals surface area contributed by atoms with E-state index >= 15 is 0 Å². The lowest BCUT2D eigenvalue weighted by molar-refractivity contribution is -0.193. The largest absolute Gasteiger partial charge is 0.497 e. The number of carbonyl (C=O) groups excluding carboxylic acids is 4. The van der Waals surface area contributed by atoms with Crippen LogP contribution in [0.25, 0.3) is 11.1 Å². The van der Waals surface area contributed by atoms with Gasteiger partial charge in [0.15, 0.2) is 16.6 Å². The zero-order chi connectivity index (χ0) is 50.5. The van der Waals surface area contributed by atoms with Crippen molar-refractivity contribution in [1.29, 1.82) is 0 Å². The Kier molecular flexibility index (Phi) is 23.9. The summed E-state index contributed by atoms with van der Waals surface area (Å²) in [7, 11) is 2.82. The van der Waals surface area contributed by atoms with Crippen LogP contribution in [-0.2, 0) is 46.0 Å². The summed E-state index contributed by atoms with van der Waals surface area (Å²) < 4.78 is 33.7. The van der Waals surface area contributed by atoms with E-state index in [9.17, 15) is 19.2 Å². The summed E-state index contributed by atoms with van der Waals surface area (Å²) in [6.45, 7) is 33.3. The van der Waals surface area contributed by atoms with E-state index in [2.05, 4.69) is 101 Å². The molecule has 3 rings (SSSR count). The molecule has 1 heterocycles. The van der Waals surface area contributed by atoms with Gasteiger partial charge in [-0.25, -0.2) is 4.79 Å². The highest BCUT2D eigenvalue weighted by molar-refractivity contribution is 6.74. The smallest absolute Gasteiger partial charge is 0.438 e. The van der Waals surface area contributed by atoms with Gasteiger partial charge in [-0.2, -0.15) is 9.58 Å². The third kappa shape index (κ3) is 19.4. The molecule has 0 aliphatic carbocycles. The average Bonchev–Trinajstić information content (AvgIpc) is 3.56. The summed E-state index contributed by atoms with van der Waals surface area (Å²) in [6.07, 6.45) is 1.38. The molecule has 1 aliphatic heterocycles. The van der Waals surface area contributed by atoms with Crippen LogP contribution in [0.3, 0.4) is 0 Å². The van der Waals surface area contributed by atoms with Crippen molar-refractivity contribution in [1.82, 2.24) is 15.3 Å². The van der Waals surface area contributed by atoms with Crippen LogP contribution in [0.2, 0.25) is 36.3 Å². The second kappa shape index (κ2) is 27.0. The molecular formula is C46H71N7O11Si2. The molecule has 0 spiro atoms. The molecule has 66 heavy (non-hydrogen) atoms. The van der Waals surface area contributed by atoms with Crippen molar-refractivity contribution < 1.29 is 61.4 Å². The maximum absolute atomic E-state index is 12.4. The number of carbonyl (C=O) groups is 4. The van der Waals surface area contributed by atoms with Gasteiger partial charge in [0.1, 0.15) is 23.0 Å². The molecule has 0 unspecified atom stereocenters. The Labute approximate surface area is 392 Å². The van der Waals surface area contributed by atoms with Gasteiger partial charge in [0.2, 0.25) is 0 Å². The predicted molar refractivity (Wildman–Crippen MR) is 257 cm³/mol. The van der Waals surface area contributed by atoms with E-state index in [4.69, 9.17) is 38.9 Å². The number of benzene rings is 2. The van der Waals surface area contributed by atoms with Gasteiger partial charge in [0.25, 0.3) is 11.8 Å². The minimum absolute atomic E-state index is 0.0301. The maximum Gasteiger partial charge on any atom is 0.438 e. The molecule has 1 saturated heterocycles. The second-order valence-electron chi connectivity index (χ2n) is 18.2. The van der Waals surface area contributed by atoms with Crippen LogP contribution in [0.1, 0.15) is 65.5 Å². The first kappa shape index (κ1) is 58.3. The molecule has 1 aliphatic rings. The highest BCUT2D eigenvalue weighted by Crippen LogP contribution is 2.38. The van der Waals surface area contributed by atoms with Gasteiger partial charge in [0, 0.05) is 55.7 Å². The van der Waals surface area contributed by atoms with Crippen LogP contribution >= 0.6 is 0 Å². The molecule has 0 atom stereocenters.